The fourth-order valence-corrected chi connectivity index (χ4v) is 4.34. The number of amides is 1. The molecule has 1 atom stereocenters. The first-order valence-electron chi connectivity index (χ1n) is 8.26. The number of carbonyl (C=O) groups is 1. The molecule has 13 heteroatoms. The van der Waals surface area contributed by atoms with E-state index in [-0.39, 0.29) is 35.3 Å². The number of aliphatic imine (C=N–C) groups is 1. The van der Waals surface area contributed by atoms with E-state index in [1.165, 1.54) is 24.3 Å². The molecule has 0 saturated carbocycles. The summed E-state index contributed by atoms with van der Waals surface area (Å²) in [5, 5.41) is 10.7. The van der Waals surface area contributed by atoms with Crippen LogP contribution in [0, 0.1) is 0 Å². The topological polar surface area (TPSA) is 116 Å². The van der Waals surface area contributed by atoms with Crippen molar-refractivity contribution in [2.45, 2.75) is 18.6 Å². The minimum absolute atomic E-state index is 0.0554. The molecule has 29 heavy (non-hydrogen) atoms. The minimum atomic E-state index is -4.63. The van der Waals surface area contributed by atoms with Crippen molar-refractivity contribution in [3.63, 3.8) is 0 Å². The molecule has 156 valence electrons. The zero-order valence-corrected chi connectivity index (χ0v) is 16.2. The first-order valence-corrected chi connectivity index (χ1v) is 10.5. The summed E-state index contributed by atoms with van der Waals surface area (Å²) < 4.78 is 61.5. The number of alkyl halides is 3. The Balaban J connectivity index is 1.82. The Kier molecular flexibility index (Phi) is 5.85. The van der Waals surface area contributed by atoms with Gasteiger partial charge in [-0.3, -0.25) is 15.2 Å². The average molecular weight is 450 g/mol. The van der Waals surface area contributed by atoms with Gasteiger partial charge in [-0.2, -0.15) is 18.3 Å². The van der Waals surface area contributed by atoms with Crippen LogP contribution >= 0.6 is 11.6 Å². The number of benzene rings is 1. The summed E-state index contributed by atoms with van der Waals surface area (Å²) in [4.78, 5) is 16.6. The van der Waals surface area contributed by atoms with Gasteiger partial charge in [-0.25, -0.2) is 13.4 Å². The molecule has 1 amide bonds. The highest BCUT2D eigenvalue weighted by molar-refractivity contribution is 7.91. The maximum absolute atomic E-state index is 12.7. The van der Waals surface area contributed by atoms with Crippen LogP contribution in [0.25, 0.3) is 0 Å². The normalized spacial score (nSPS) is 19.2. The molecule has 1 saturated heterocycles. The molecule has 1 aliphatic heterocycles. The third kappa shape index (κ3) is 5.70. The summed E-state index contributed by atoms with van der Waals surface area (Å²) in [6, 6.07) is 5.95. The van der Waals surface area contributed by atoms with Crippen molar-refractivity contribution in [2.75, 3.05) is 16.8 Å². The zero-order chi connectivity index (χ0) is 21.2. The monoisotopic (exact) mass is 449 g/mol. The molecule has 0 radical (unpaired) electrons. The van der Waals surface area contributed by atoms with Crippen molar-refractivity contribution in [1.82, 2.24) is 15.5 Å². The van der Waals surface area contributed by atoms with E-state index >= 15 is 0 Å². The maximum atomic E-state index is 12.7. The predicted octanol–water partition coefficient (Wildman–Crippen LogP) is 2.47. The van der Waals surface area contributed by atoms with Crippen molar-refractivity contribution in [3.8, 4) is 0 Å². The number of sulfone groups is 1. The fraction of sp³-hybridized carbons (Fsp3) is 0.312. The van der Waals surface area contributed by atoms with Gasteiger partial charge < -0.3 is 5.32 Å². The van der Waals surface area contributed by atoms with E-state index in [1.807, 2.05) is 5.10 Å². The molecule has 1 aromatic heterocycles. The third-order valence-corrected chi connectivity index (χ3v) is 5.99. The second-order valence-electron chi connectivity index (χ2n) is 6.29. The van der Waals surface area contributed by atoms with Gasteiger partial charge in [0.05, 0.1) is 17.5 Å². The number of rotatable bonds is 3. The standard InChI is InChI=1S/C16H15ClF3N5O3S/c17-10-3-1-9(2-4-10)14(26)23-15(21-11-5-6-29(27,28)8-11)22-13-7-12(24-25-13)16(18,19)20/h1-4,7,11H,5-6,8H2,(H3,21,22,23,24,25,26). The molecule has 0 aliphatic carbocycles. The Labute approximate surface area is 168 Å². The Bertz CT molecular complexity index is 1030. The van der Waals surface area contributed by atoms with Gasteiger partial charge >= 0.3 is 6.18 Å². The number of nitrogens with one attached hydrogen (secondary N) is 3. The highest BCUT2D eigenvalue weighted by Gasteiger charge is 2.33. The molecule has 2 aromatic rings. The fourth-order valence-electron chi connectivity index (χ4n) is 2.59. The Hall–Kier alpha value is -2.60. The average Bonchev–Trinajstić information content (AvgIpc) is 3.21. The molecular formula is C16H15ClF3N5O3S. The predicted molar refractivity (Wildman–Crippen MR) is 101 cm³/mol. The Morgan fingerprint density at radius 2 is 1.97 bits per heavy atom. The van der Waals surface area contributed by atoms with E-state index in [2.05, 4.69) is 20.7 Å². The molecular weight excluding hydrogens is 435 g/mol. The van der Waals surface area contributed by atoms with Crippen LogP contribution < -0.4 is 10.6 Å². The van der Waals surface area contributed by atoms with Crippen molar-refractivity contribution >= 4 is 39.1 Å². The second kappa shape index (κ2) is 8.03. The number of hydrogen-bond acceptors (Lipinski definition) is 5. The smallest absolute Gasteiger partial charge is 0.309 e. The van der Waals surface area contributed by atoms with Gasteiger partial charge in [0.25, 0.3) is 5.91 Å². The lowest BCUT2D eigenvalue weighted by molar-refractivity contribution is -0.141. The minimum Gasteiger partial charge on any atom is -0.309 e. The lowest BCUT2D eigenvalue weighted by Crippen LogP contribution is -2.37. The number of carbonyl (C=O) groups excluding carboxylic acids is 1. The highest BCUT2D eigenvalue weighted by Crippen LogP contribution is 2.28. The van der Waals surface area contributed by atoms with Crippen LogP contribution in [-0.4, -0.2) is 48.0 Å². The lowest BCUT2D eigenvalue weighted by atomic mass is 10.2. The second-order valence-corrected chi connectivity index (χ2v) is 8.95. The van der Waals surface area contributed by atoms with Gasteiger partial charge in [0.1, 0.15) is 5.69 Å². The van der Waals surface area contributed by atoms with Gasteiger partial charge in [-0.05, 0) is 30.7 Å². The van der Waals surface area contributed by atoms with Crippen molar-refractivity contribution in [1.29, 1.82) is 0 Å². The van der Waals surface area contributed by atoms with Crippen LogP contribution in [0.4, 0.5) is 19.0 Å². The quantitative estimate of drug-likeness (QED) is 0.491. The van der Waals surface area contributed by atoms with E-state index in [4.69, 9.17) is 11.6 Å². The SMILES string of the molecule is O=C(NC(=NC1CCS(=O)(=O)C1)Nc1cc(C(F)(F)F)[nH]n1)c1ccc(Cl)cc1. The number of H-pyrrole nitrogens is 1. The van der Waals surface area contributed by atoms with Crippen molar-refractivity contribution in [3.05, 3.63) is 46.6 Å². The van der Waals surface area contributed by atoms with Crippen LogP contribution in [0.5, 0.6) is 0 Å². The van der Waals surface area contributed by atoms with Gasteiger partial charge in [0.2, 0.25) is 5.96 Å². The number of aromatic amines is 1. The summed E-state index contributed by atoms with van der Waals surface area (Å²) in [7, 11) is -3.25. The molecule has 1 aliphatic rings. The zero-order valence-electron chi connectivity index (χ0n) is 14.6. The third-order valence-electron chi connectivity index (χ3n) is 3.99. The summed E-state index contributed by atoms with van der Waals surface area (Å²) in [5.41, 5.74) is -0.868. The van der Waals surface area contributed by atoms with Crippen LogP contribution in [0.2, 0.25) is 5.02 Å². The molecule has 2 heterocycles. The molecule has 8 nitrogen and oxygen atoms in total. The van der Waals surface area contributed by atoms with Gasteiger partial charge in [0.15, 0.2) is 15.7 Å². The van der Waals surface area contributed by atoms with E-state index in [1.54, 1.807) is 0 Å². The van der Waals surface area contributed by atoms with Gasteiger partial charge in [-0.15, -0.1) is 0 Å². The summed E-state index contributed by atoms with van der Waals surface area (Å²) >= 11 is 5.78. The number of anilines is 1. The number of nitrogens with zero attached hydrogens (tertiary/aromatic N) is 2. The number of hydrogen-bond donors (Lipinski definition) is 3. The van der Waals surface area contributed by atoms with Crippen molar-refractivity contribution < 1.29 is 26.4 Å². The van der Waals surface area contributed by atoms with Crippen LogP contribution in [-0.2, 0) is 16.0 Å². The Morgan fingerprint density at radius 3 is 2.52 bits per heavy atom. The molecule has 1 aromatic carbocycles. The van der Waals surface area contributed by atoms with Crippen molar-refractivity contribution in [2.24, 2.45) is 4.99 Å². The van der Waals surface area contributed by atoms with E-state index in [0.717, 1.165) is 0 Å². The largest absolute Gasteiger partial charge is 0.432 e. The summed E-state index contributed by atoms with van der Waals surface area (Å²) in [5.74, 6) is -1.34. The summed E-state index contributed by atoms with van der Waals surface area (Å²) in [6.45, 7) is 0. The molecule has 0 bridgehead atoms. The first kappa shape index (κ1) is 21.1. The number of aromatic nitrogens is 2. The van der Waals surface area contributed by atoms with E-state index in [0.29, 0.717) is 11.1 Å². The van der Waals surface area contributed by atoms with E-state index < -0.39 is 33.7 Å². The van der Waals surface area contributed by atoms with E-state index in [9.17, 15) is 26.4 Å². The molecule has 3 N–H and O–H groups in total. The maximum Gasteiger partial charge on any atom is 0.432 e. The van der Waals surface area contributed by atoms with Crippen LogP contribution in [0.15, 0.2) is 35.3 Å². The van der Waals surface area contributed by atoms with Gasteiger partial charge in [0, 0.05) is 16.7 Å². The highest BCUT2D eigenvalue weighted by atomic mass is 35.5. The lowest BCUT2D eigenvalue weighted by Gasteiger charge is -2.12. The molecule has 1 unspecified atom stereocenters. The molecule has 1 fully saturated rings. The van der Waals surface area contributed by atoms with Crippen LogP contribution in [0.1, 0.15) is 22.5 Å². The molecule has 3 rings (SSSR count). The number of halogens is 4. The Morgan fingerprint density at radius 1 is 1.28 bits per heavy atom. The first-order chi connectivity index (χ1) is 13.5. The molecule has 0 spiro atoms. The van der Waals surface area contributed by atoms with Gasteiger partial charge in [-0.1, -0.05) is 11.6 Å². The summed E-state index contributed by atoms with van der Waals surface area (Å²) in [6.07, 6.45) is -4.39. The van der Waals surface area contributed by atoms with Crippen LogP contribution in [0.3, 0.4) is 0 Å². The number of guanidine groups is 1.